The van der Waals surface area contributed by atoms with E-state index in [9.17, 15) is 19.0 Å². The second-order valence-electron chi connectivity index (χ2n) is 11.6. The van der Waals surface area contributed by atoms with E-state index in [1.54, 1.807) is 7.11 Å². The lowest BCUT2D eigenvalue weighted by Gasteiger charge is -2.45. The Balaban J connectivity index is 1.16. The molecule has 0 bridgehead atoms. The highest BCUT2D eigenvalue weighted by Crippen LogP contribution is 2.36. The van der Waals surface area contributed by atoms with Crippen LogP contribution in [0, 0.1) is 24.0 Å². The lowest BCUT2D eigenvalue weighted by Crippen LogP contribution is -2.51. The van der Waals surface area contributed by atoms with Crippen LogP contribution in [0.5, 0.6) is 17.2 Å². The topological polar surface area (TPSA) is 112 Å². The molecule has 2 aliphatic heterocycles. The second-order valence-corrected chi connectivity index (χ2v) is 11.6. The van der Waals surface area contributed by atoms with Crippen molar-refractivity contribution in [2.75, 3.05) is 63.8 Å². The maximum atomic E-state index is 14.6. The van der Waals surface area contributed by atoms with Gasteiger partial charge in [0.05, 0.1) is 51.1 Å². The standard InChI is InChI=1S/C32H41F2N5O5/c1-21-14-28(43-3)30(34)25(29(21)33)18-44-24-16-35-31(36-17-24)37-22-4-5-26(27(15-22)42-2)39-10-6-23(7-11-39)38-12-8-32(19-40,20-41)9-13-38/h4-5,14-17,23,40-41H,6-13,18-20H2,1-3H3,(H,35,36,37). The number of anilines is 3. The van der Waals surface area contributed by atoms with Gasteiger partial charge in [-0.05, 0) is 69.5 Å². The lowest BCUT2D eigenvalue weighted by molar-refractivity contribution is -0.0146. The zero-order valence-electron chi connectivity index (χ0n) is 25.5. The molecular weight excluding hydrogens is 572 g/mol. The number of ether oxygens (including phenoxy) is 3. The molecule has 3 N–H and O–H groups in total. The number of aliphatic hydroxyl groups is 2. The number of hydrogen-bond donors (Lipinski definition) is 3. The van der Waals surface area contributed by atoms with Crippen molar-refractivity contribution in [3.8, 4) is 17.2 Å². The molecule has 44 heavy (non-hydrogen) atoms. The Morgan fingerprint density at radius 1 is 0.932 bits per heavy atom. The van der Waals surface area contributed by atoms with Crippen LogP contribution in [0.15, 0.2) is 36.7 Å². The van der Waals surface area contributed by atoms with Crippen LogP contribution in [0.2, 0.25) is 0 Å². The summed E-state index contributed by atoms with van der Waals surface area (Å²) < 4.78 is 45.3. The van der Waals surface area contributed by atoms with E-state index in [0.29, 0.717) is 12.0 Å². The molecule has 2 aliphatic rings. The molecule has 0 aliphatic carbocycles. The highest BCUT2D eigenvalue weighted by molar-refractivity contribution is 5.67. The van der Waals surface area contributed by atoms with Gasteiger partial charge in [0, 0.05) is 36.3 Å². The van der Waals surface area contributed by atoms with E-state index in [1.807, 2.05) is 18.2 Å². The number of halogens is 2. The van der Waals surface area contributed by atoms with Crippen LogP contribution >= 0.6 is 0 Å². The van der Waals surface area contributed by atoms with Gasteiger partial charge in [0.15, 0.2) is 17.3 Å². The Bertz CT molecular complexity index is 1410. The molecule has 238 valence electrons. The molecule has 0 unspecified atom stereocenters. The van der Waals surface area contributed by atoms with Crippen LogP contribution in [0.3, 0.4) is 0 Å². The minimum Gasteiger partial charge on any atom is -0.495 e. The smallest absolute Gasteiger partial charge is 0.227 e. The van der Waals surface area contributed by atoms with Crippen LogP contribution in [-0.2, 0) is 6.61 Å². The van der Waals surface area contributed by atoms with Gasteiger partial charge in [0.25, 0.3) is 0 Å². The van der Waals surface area contributed by atoms with Crippen LogP contribution in [-0.4, -0.2) is 84.7 Å². The summed E-state index contributed by atoms with van der Waals surface area (Å²) >= 11 is 0. The molecule has 0 radical (unpaired) electrons. The summed E-state index contributed by atoms with van der Waals surface area (Å²) in [6.07, 6.45) is 6.59. The number of piperidine rings is 2. The minimum atomic E-state index is -0.799. The van der Waals surface area contributed by atoms with Crippen LogP contribution < -0.4 is 24.4 Å². The maximum absolute atomic E-state index is 14.6. The second kappa shape index (κ2) is 13.9. The van der Waals surface area contributed by atoms with E-state index >= 15 is 0 Å². The Kier molecular flexibility index (Phi) is 10.0. The van der Waals surface area contributed by atoms with Gasteiger partial charge in [0.2, 0.25) is 5.95 Å². The zero-order valence-corrected chi connectivity index (χ0v) is 25.5. The van der Waals surface area contributed by atoms with Crippen molar-refractivity contribution in [2.45, 2.75) is 45.3 Å². The Hall–Kier alpha value is -3.74. The fourth-order valence-electron chi connectivity index (χ4n) is 6.04. The molecule has 0 atom stereocenters. The third-order valence-electron chi connectivity index (χ3n) is 8.96. The van der Waals surface area contributed by atoms with Gasteiger partial charge < -0.3 is 39.5 Å². The molecule has 3 aromatic rings. The van der Waals surface area contributed by atoms with Crippen molar-refractivity contribution in [2.24, 2.45) is 5.41 Å². The largest absolute Gasteiger partial charge is 0.495 e. The average Bonchev–Trinajstić information content (AvgIpc) is 3.07. The molecule has 3 heterocycles. The predicted octanol–water partition coefficient (Wildman–Crippen LogP) is 4.44. The Morgan fingerprint density at radius 3 is 2.20 bits per heavy atom. The number of aromatic nitrogens is 2. The van der Waals surface area contributed by atoms with Crippen LogP contribution in [0.4, 0.5) is 26.1 Å². The fraction of sp³-hybridized carbons (Fsp3) is 0.500. The summed E-state index contributed by atoms with van der Waals surface area (Å²) in [5, 5.41) is 22.6. The zero-order chi connectivity index (χ0) is 31.3. The normalized spacial score (nSPS) is 17.4. The molecular formula is C32H41F2N5O5. The summed E-state index contributed by atoms with van der Waals surface area (Å²) in [7, 11) is 2.97. The first-order valence-electron chi connectivity index (χ1n) is 14.9. The fourth-order valence-corrected chi connectivity index (χ4v) is 6.04. The first-order valence-corrected chi connectivity index (χ1v) is 14.9. The summed E-state index contributed by atoms with van der Waals surface area (Å²) in [5.41, 5.74) is 1.47. The van der Waals surface area contributed by atoms with Gasteiger partial charge in [-0.15, -0.1) is 0 Å². The van der Waals surface area contributed by atoms with Crippen molar-refractivity contribution in [3.63, 3.8) is 0 Å². The van der Waals surface area contributed by atoms with E-state index in [0.717, 1.165) is 69.0 Å². The number of aryl methyl sites for hydroxylation is 1. The number of benzene rings is 2. The van der Waals surface area contributed by atoms with E-state index in [-0.39, 0.29) is 47.9 Å². The highest BCUT2D eigenvalue weighted by Gasteiger charge is 2.36. The van der Waals surface area contributed by atoms with Crippen molar-refractivity contribution >= 4 is 17.3 Å². The van der Waals surface area contributed by atoms with Crippen molar-refractivity contribution in [3.05, 3.63) is 59.4 Å². The highest BCUT2D eigenvalue weighted by atomic mass is 19.1. The number of nitrogens with zero attached hydrogens (tertiary/aromatic N) is 4. The van der Waals surface area contributed by atoms with Gasteiger partial charge in [-0.25, -0.2) is 18.7 Å². The number of nitrogens with one attached hydrogen (secondary N) is 1. The number of aliphatic hydroxyl groups excluding tert-OH is 2. The molecule has 0 spiro atoms. The summed E-state index contributed by atoms with van der Waals surface area (Å²) in [5.74, 6) is -0.198. The molecule has 1 aromatic heterocycles. The molecule has 5 rings (SSSR count). The molecule has 0 amide bonds. The van der Waals surface area contributed by atoms with E-state index in [4.69, 9.17) is 14.2 Å². The van der Waals surface area contributed by atoms with Crippen LogP contribution in [0.25, 0.3) is 0 Å². The molecule has 12 heteroatoms. The van der Waals surface area contributed by atoms with Gasteiger partial charge in [0.1, 0.15) is 18.2 Å². The van der Waals surface area contributed by atoms with Gasteiger partial charge in [-0.1, -0.05) is 0 Å². The van der Waals surface area contributed by atoms with E-state index in [2.05, 4.69) is 25.1 Å². The minimum absolute atomic E-state index is 0.0434. The van der Waals surface area contributed by atoms with E-state index < -0.39 is 11.6 Å². The molecule has 0 saturated carbocycles. The third kappa shape index (κ3) is 6.82. The third-order valence-corrected chi connectivity index (χ3v) is 8.96. The first kappa shape index (κ1) is 31.7. The number of rotatable bonds is 11. The predicted molar refractivity (Wildman–Crippen MR) is 163 cm³/mol. The van der Waals surface area contributed by atoms with Gasteiger partial charge in [-0.3, -0.25) is 0 Å². The van der Waals surface area contributed by atoms with Crippen LogP contribution in [0.1, 0.15) is 36.8 Å². The summed E-state index contributed by atoms with van der Waals surface area (Å²) in [6, 6.07) is 7.68. The molecule has 10 nitrogen and oxygen atoms in total. The van der Waals surface area contributed by atoms with Crippen molar-refractivity contribution in [1.29, 1.82) is 0 Å². The molecule has 2 saturated heterocycles. The lowest BCUT2D eigenvalue weighted by atomic mass is 9.79. The SMILES string of the molecule is COc1cc(Nc2ncc(OCc3c(F)c(C)cc(OC)c3F)cn2)ccc1N1CCC(N2CCC(CO)(CO)CC2)CC1. The first-order chi connectivity index (χ1) is 21.3. The van der Waals surface area contributed by atoms with Gasteiger partial charge >= 0.3 is 0 Å². The van der Waals surface area contributed by atoms with E-state index in [1.165, 1.54) is 32.5 Å². The quantitative estimate of drug-likeness (QED) is 0.287. The number of likely N-dealkylation sites (tertiary alicyclic amines) is 1. The average molecular weight is 614 g/mol. The number of methoxy groups -OCH3 is 2. The monoisotopic (exact) mass is 613 g/mol. The van der Waals surface area contributed by atoms with Crippen molar-refractivity contribution < 1.29 is 33.2 Å². The van der Waals surface area contributed by atoms with Gasteiger partial charge in [-0.2, -0.15) is 0 Å². The summed E-state index contributed by atoms with van der Waals surface area (Å²) in [4.78, 5) is 13.4. The molecule has 2 fully saturated rings. The summed E-state index contributed by atoms with van der Waals surface area (Å²) in [6.45, 7) is 4.91. The van der Waals surface area contributed by atoms with Crippen molar-refractivity contribution in [1.82, 2.24) is 14.9 Å². The maximum Gasteiger partial charge on any atom is 0.227 e. The number of hydrogen-bond acceptors (Lipinski definition) is 10. The Morgan fingerprint density at radius 2 is 1.59 bits per heavy atom. The molecule has 2 aromatic carbocycles. The Labute approximate surface area is 256 Å².